The Morgan fingerprint density at radius 1 is 1.05 bits per heavy atom. The van der Waals surface area contributed by atoms with Crippen molar-refractivity contribution < 1.29 is 51.8 Å². The van der Waals surface area contributed by atoms with Crippen LogP contribution in [0, 0.1) is 11.3 Å². The van der Waals surface area contributed by atoms with Crippen molar-refractivity contribution in [2.75, 3.05) is 11.4 Å². The minimum absolute atomic E-state index is 0.0900. The number of halogens is 3. The lowest BCUT2D eigenvalue weighted by Crippen LogP contribution is -2.71. The Morgan fingerprint density at radius 2 is 1.70 bits per heavy atom. The summed E-state index contributed by atoms with van der Waals surface area (Å²) in [5, 5.41) is 32.6. The van der Waals surface area contributed by atoms with E-state index in [2.05, 4.69) is 0 Å². The molecule has 0 radical (unpaired) electrons. The number of hydrogen-bond donors (Lipinski definition) is 1. The lowest BCUT2D eigenvalue weighted by atomic mass is 9.90. The number of amides is 3. The van der Waals surface area contributed by atoms with Crippen molar-refractivity contribution in [2.24, 2.45) is 0 Å². The number of imide groups is 1. The van der Waals surface area contributed by atoms with Crippen LogP contribution < -0.4 is 10.0 Å². The standard InChI is InChI=1S/C30H22F3N3O7/c1-18-25(27(38)39)26(21-12-10-19(15-34)11-13-21)36(29(41)42,16-24(37)43-17-20-6-3-2-4-7-20)28(40)35(18)23-9-5-8-22(14-23)30(31,32)33/h2-14,26H,16-17H2,1H3,(H-,38,39,41,42). The van der Waals surface area contributed by atoms with Crippen LogP contribution in [0.5, 0.6) is 0 Å². The molecule has 3 amide bonds. The number of quaternary nitrogens is 1. The summed E-state index contributed by atoms with van der Waals surface area (Å²) in [6.07, 6.45) is -7.06. The number of carbonyl (C=O) groups is 4. The number of benzene rings is 3. The largest absolute Gasteiger partial charge is 0.498 e. The van der Waals surface area contributed by atoms with E-state index in [0.717, 1.165) is 25.1 Å². The minimum Gasteiger partial charge on any atom is -0.498 e. The molecule has 0 aromatic heterocycles. The van der Waals surface area contributed by atoms with Gasteiger partial charge in [-0.05, 0) is 42.8 Å². The molecule has 1 aliphatic rings. The molecule has 10 nitrogen and oxygen atoms in total. The van der Waals surface area contributed by atoms with E-state index >= 15 is 0 Å². The average Bonchev–Trinajstić information content (AvgIpc) is 2.97. The number of carboxylic acid groups (broad SMARTS) is 2. The lowest BCUT2D eigenvalue weighted by Gasteiger charge is -2.47. The van der Waals surface area contributed by atoms with Crippen molar-refractivity contribution in [3.63, 3.8) is 0 Å². The highest BCUT2D eigenvalue weighted by molar-refractivity contribution is 6.02. The quantitative estimate of drug-likeness (QED) is 0.311. The van der Waals surface area contributed by atoms with Gasteiger partial charge in [0.15, 0.2) is 12.6 Å². The van der Waals surface area contributed by atoms with E-state index in [0.29, 0.717) is 16.5 Å². The van der Waals surface area contributed by atoms with Gasteiger partial charge < -0.3 is 19.7 Å². The van der Waals surface area contributed by atoms with Crippen LogP contribution in [0.2, 0.25) is 0 Å². The second-order valence-electron chi connectivity index (χ2n) is 9.55. The fraction of sp³-hybridized carbons (Fsp3) is 0.167. The van der Waals surface area contributed by atoms with Crippen molar-refractivity contribution in [2.45, 2.75) is 25.7 Å². The van der Waals surface area contributed by atoms with Gasteiger partial charge in [0.25, 0.3) is 6.09 Å². The van der Waals surface area contributed by atoms with Crippen molar-refractivity contribution >= 4 is 29.8 Å². The van der Waals surface area contributed by atoms with E-state index in [1.807, 2.05) is 6.07 Å². The van der Waals surface area contributed by atoms with Gasteiger partial charge in [-0.3, -0.25) is 0 Å². The van der Waals surface area contributed by atoms with E-state index in [1.54, 1.807) is 30.3 Å². The third kappa shape index (κ3) is 5.81. The molecule has 1 aliphatic heterocycles. The Balaban J connectivity index is 1.95. The summed E-state index contributed by atoms with van der Waals surface area (Å²) in [6, 6.07) is 15.0. The van der Waals surface area contributed by atoms with Crippen LogP contribution in [-0.2, 0) is 27.1 Å². The number of nitrogens with zero attached hydrogens (tertiary/aromatic N) is 3. The molecule has 0 fully saturated rings. The highest BCUT2D eigenvalue weighted by atomic mass is 19.4. The molecular formula is C30H22F3N3O7. The van der Waals surface area contributed by atoms with Crippen LogP contribution in [0.3, 0.4) is 0 Å². The summed E-state index contributed by atoms with van der Waals surface area (Å²) in [7, 11) is 0. The first kappa shape index (κ1) is 30.5. The van der Waals surface area contributed by atoms with Crippen molar-refractivity contribution in [3.05, 3.63) is 112 Å². The van der Waals surface area contributed by atoms with Crippen molar-refractivity contribution in [1.82, 2.24) is 0 Å². The molecule has 13 heteroatoms. The van der Waals surface area contributed by atoms with Gasteiger partial charge in [0.05, 0.1) is 22.9 Å². The summed E-state index contributed by atoms with van der Waals surface area (Å²) in [5.41, 5.74) is -2.21. The maximum atomic E-state index is 14.3. The number of rotatable bonds is 7. The first-order valence-electron chi connectivity index (χ1n) is 12.6. The number of hydrogen-bond acceptors (Lipinski definition) is 7. The van der Waals surface area contributed by atoms with Gasteiger partial charge in [-0.2, -0.15) is 22.9 Å². The van der Waals surface area contributed by atoms with Gasteiger partial charge >= 0.3 is 24.1 Å². The number of nitriles is 1. The molecule has 0 aliphatic carbocycles. The van der Waals surface area contributed by atoms with Crippen molar-refractivity contribution in [3.8, 4) is 6.07 Å². The maximum absolute atomic E-state index is 14.3. The van der Waals surface area contributed by atoms with Crippen LogP contribution in [0.25, 0.3) is 0 Å². The van der Waals surface area contributed by atoms with Gasteiger partial charge in [0.1, 0.15) is 12.2 Å². The maximum Gasteiger partial charge on any atom is 0.435 e. The summed E-state index contributed by atoms with van der Waals surface area (Å²) >= 11 is 0. The number of alkyl halides is 3. The second kappa shape index (κ2) is 11.8. The molecule has 220 valence electrons. The van der Waals surface area contributed by atoms with Gasteiger partial charge in [-0.15, -0.1) is 0 Å². The number of carbonyl (C=O) groups excluding carboxylic acids is 3. The van der Waals surface area contributed by atoms with Crippen LogP contribution in [0.15, 0.2) is 90.1 Å². The second-order valence-corrected chi connectivity index (χ2v) is 9.55. The first-order chi connectivity index (χ1) is 20.3. The van der Waals surface area contributed by atoms with Gasteiger partial charge in [0.2, 0.25) is 0 Å². The fourth-order valence-electron chi connectivity index (χ4n) is 4.92. The minimum atomic E-state index is -4.85. The third-order valence-corrected chi connectivity index (χ3v) is 6.94. The predicted octanol–water partition coefficient (Wildman–Crippen LogP) is 4.52. The Morgan fingerprint density at radius 3 is 2.26 bits per heavy atom. The Hall–Kier alpha value is -5.48. The number of urea groups is 1. The zero-order valence-electron chi connectivity index (χ0n) is 22.4. The molecule has 4 rings (SSSR count). The number of carboxylic acids is 1. The Bertz CT molecular complexity index is 1660. The molecule has 0 spiro atoms. The predicted molar refractivity (Wildman–Crippen MR) is 140 cm³/mol. The molecule has 43 heavy (non-hydrogen) atoms. The van der Waals surface area contributed by atoms with E-state index in [4.69, 9.17) is 4.74 Å². The smallest absolute Gasteiger partial charge is 0.435 e. The summed E-state index contributed by atoms with van der Waals surface area (Å²) in [6.45, 7) is -0.465. The SMILES string of the molecule is CC1=C(C(=O)O)C(c2ccc(C#N)cc2)[N+](CC(=O)OCc2ccccc2)(C(=O)[O-])C(=O)N1c1cccc(C(F)(F)F)c1. The van der Waals surface area contributed by atoms with E-state index in [-0.39, 0.29) is 23.4 Å². The molecule has 3 aromatic rings. The summed E-state index contributed by atoms with van der Waals surface area (Å²) in [5.74, 6) is -2.94. The zero-order valence-corrected chi connectivity index (χ0v) is 22.4. The van der Waals surface area contributed by atoms with Crippen molar-refractivity contribution in [1.29, 1.82) is 5.26 Å². The lowest BCUT2D eigenvalue weighted by molar-refractivity contribution is -0.818. The normalized spacial score (nSPS) is 18.6. The van der Waals surface area contributed by atoms with E-state index < -0.39 is 64.1 Å². The zero-order chi connectivity index (χ0) is 31.5. The summed E-state index contributed by atoms with van der Waals surface area (Å²) < 4.78 is 43.9. The molecule has 2 atom stereocenters. The number of anilines is 1. The molecule has 3 aromatic carbocycles. The highest BCUT2D eigenvalue weighted by Gasteiger charge is 2.59. The topological polar surface area (TPSA) is 148 Å². The van der Waals surface area contributed by atoms with Crippen LogP contribution in [0.1, 0.15) is 35.2 Å². The monoisotopic (exact) mass is 593 g/mol. The van der Waals surface area contributed by atoms with Crippen LogP contribution in [0.4, 0.5) is 28.4 Å². The molecule has 0 saturated heterocycles. The number of esters is 1. The number of ether oxygens (including phenoxy) is 1. The highest BCUT2D eigenvalue weighted by Crippen LogP contribution is 2.45. The van der Waals surface area contributed by atoms with Gasteiger partial charge in [-0.1, -0.05) is 48.5 Å². The van der Waals surface area contributed by atoms with E-state index in [9.17, 15) is 47.8 Å². The van der Waals surface area contributed by atoms with Gasteiger partial charge in [-0.25, -0.2) is 19.3 Å². The number of aliphatic carboxylic acids is 1. The molecule has 1 heterocycles. The van der Waals surface area contributed by atoms with Gasteiger partial charge in [0, 0.05) is 11.3 Å². The molecular weight excluding hydrogens is 571 g/mol. The molecule has 0 saturated carbocycles. The Kier molecular flexibility index (Phi) is 8.36. The molecule has 1 N–H and O–H groups in total. The molecule has 0 bridgehead atoms. The van der Waals surface area contributed by atoms with E-state index in [1.165, 1.54) is 24.3 Å². The Labute approximate surface area is 242 Å². The summed E-state index contributed by atoms with van der Waals surface area (Å²) in [4.78, 5) is 53.7. The van der Waals surface area contributed by atoms with Crippen LogP contribution in [-0.4, -0.2) is 40.2 Å². The first-order valence-corrected chi connectivity index (χ1v) is 12.6. The van der Waals surface area contributed by atoms with Crippen LogP contribution >= 0.6 is 0 Å². The number of allylic oxidation sites excluding steroid dienone is 1. The fourth-order valence-corrected chi connectivity index (χ4v) is 4.92. The molecule has 2 unspecified atom stereocenters. The third-order valence-electron chi connectivity index (χ3n) is 6.94. The average molecular weight is 594 g/mol.